The molecule has 0 aliphatic heterocycles. The maximum atomic E-state index is 4.40. The summed E-state index contributed by atoms with van der Waals surface area (Å²) in [5.74, 6) is 2.52. The summed E-state index contributed by atoms with van der Waals surface area (Å²) in [5.41, 5.74) is 0. The van der Waals surface area contributed by atoms with Crippen LogP contribution in [0.3, 0.4) is 0 Å². The predicted octanol–water partition coefficient (Wildman–Crippen LogP) is 1.94. The lowest BCUT2D eigenvalue weighted by Gasteiger charge is -2.17. The maximum Gasteiger partial charge on any atom is 0.138 e. The van der Waals surface area contributed by atoms with Crippen molar-refractivity contribution >= 4 is 0 Å². The number of nitrogens with zero attached hydrogens (tertiary/aromatic N) is 4. The summed E-state index contributed by atoms with van der Waals surface area (Å²) in [4.78, 5) is 12.0. The van der Waals surface area contributed by atoms with Crippen LogP contribution < -0.4 is 5.32 Å². The summed E-state index contributed by atoms with van der Waals surface area (Å²) in [5, 5.41) is 7.83. The van der Waals surface area contributed by atoms with Gasteiger partial charge >= 0.3 is 0 Å². The molecule has 2 heterocycles. The van der Waals surface area contributed by atoms with Crippen molar-refractivity contribution in [1.29, 1.82) is 0 Å². The summed E-state index contributed by atoms with van der Waals surface area (Å²) < 4.78 is 1.99. The fraction of sp³-hybridized carbons (Fsp3) is 0.643. The zero-order chi connectivity index (χ0) is 14.4. The first-order chi connectivity index (χ1) is 9.70. The molecule has 2 aromatic rings. The van der Waals surface area contributed by atoms with Crippen LogP contribution in [0.1, 0.15) is 44.9 Å². The van der Waals surface area contributed by atoms with E-state index in [1.165, 1.54) is 0 Å². The Hall–Kier alpha value is -1.69. The molecule has 0 saturated heterocycles. The molecule has 0 amide bonds. The largest absolute Gasteiger partial charge is 0.347 e. The Bertz CT molecular complexity index is 487. The van der Waals surface area contributed by atoms with Gasteiger partial charge in [0.1, 0.15) is 18.0 Å². The van der Waals surface area contributed by atoms with Crippen LogP contribution in [0.4, 0.5) is 0 Å². The summed E-state index contributed by atoms with van der Waals surface area (Å²) >= 11 is 0. The molecule has 0 saturated carbocycles. The molecule has 6 heteroatoms. The van der Waals surface area contributed by atoms with Gasteiger partial charge in [0.25, 0.3) is 0 Å². The van der Waals surface area contributed by atoms with Gasteiger partial charge in [0, 0.05) is 25.4 Å². The molecular weight excluding hydrogens is 252 g/mol. The fourth-order valence-electron chi connectivity index (χ4n) is 2.18. The minimum Gasteiger partial charge on any atom is -0.347 e. The van der Waals surface area contributed by atoms with Crippen molar-refractivity contribution < 1.29 is 0 Å². The lowest BCUT2D eigenvalue weighted by Crippen LogP contribution is -2.26. The van der Waals surface area contributed by atoms with Gasteiger partial charge in [0.15, 0.2) is 0 Å². The van der Waals surface area contributed by atoms with E-state index < -0.39 is 0 Å². The summed E-state index contributed by atoms with van der Waals surface area (Å²) in [6, 6.07) is 0.153. The standard InChI is InChI=1S/C14H24N6/c1-4-5-15-12(14-16-6-7-17-14)8-13-18-10-19-20(13)9-11(2)3/h6-7,10-12,15H,4-5,8-9H2,1-3H3,(H,16,17). The van der Waals surface area contributed by atoms with Crippen molar-refractivity contribution in [3.8, 4) is 0 Å². The average Bonchev–Trinajstić information content (AvgIpc) is 3.05. The second-order valence-corrected chi connectivity index (χ2v) is 5.44. The Morgan fingerprint density at radius 3 is 2.85 bits per heavy atom. The summed E-state index contributed by atoms with van der Waals surface area (Å²) in [6.07, 6.45) is 7.16. The van der Waals surface area contributed by atoms with Crippen molar-refractivity contribution in [1.82, 2.24) is 30.0 Å². The van der Waals surface area contributed by atoms with Gasteiger partial charge in [0.2, 0.25) is 0 Å². The highest BCUT2D eigenvalue weighted by Crippen LogP contribution is 2.14. The number of imidazole rings is 1. The first-order valence-corrected chi connectivity index (χ1v) is 7.30. The molecule has 2 aromatic heterocycles. The minimum atomic E-state index is 0.153. The second kappa shape index (κ2) is 7.19. The van der Waals surface area contributed by atoms with E-state index in [1.807, 2.05) is 10.9 Å². The summed E-state index contributed by atoms with van der Waals surface area (Å²) in [6.45, 7) is 8.39. The quantitative estimate of drug-likeness (QED) is 0.773. The van der Waals surface area contributed by atoms with E-state index in [4.69, 9.17) is 0 Å². The molecule has 2 rings (SSSR count). The van der Waals surface area contributed by atoms with Crippen LogP contribution in [0.2, 0.25) is 0 Å². The Morgan fingerprint density at radius 2 is 2.20 bits per heavy atom. The lowest BCUT2D eigenvalue weighted by molar-refractivity contribution is 0.438. The van der Waals surface area contributed by atoms with Crippen molar-refractivity contribution in [2.75, 3.05) is 6.54 Å². The molecule has 0 aliphatic carbocycles. The van der Waals surface area contributed by atoms with Crippen LogP contribution in [0.15, 0.2) is 18.7 Å². The van der Waals surface area contributed by atoms with Crippen LogP contribution in [0, 0.1) is 5.92 Å². The third kappa shape index (κ3) is 3.90. The van der Waals surface area contributed by atoms with Crippen LogP contribution in [-0.2, 0) is 13.0 Å². The molecule has 1 atom stereocenters. The molecule has 0 aliphatic rings. The Morgan fingerprint density at radius 1 is 1.35 bits per heavy atom. The Kier molecular flexibility index (Phi) is 5.29. The van der Waals surface area contributed by atoms with Crippen molar-refractivity contribution in [3.05, 3.63) is 30.4 Å². The van der Waals surface area contributed by atoms with E-state index in [-0.39, 0.29) is 6.04 Å². The smallest absolute Gasteiger partial charge is 0.138 e. The van der Waals surface area contributed by atoms with Gasteiger partial charge in [-0.25, -0.2) is 14.6 Å². The van der Waals surface area contributed by atoms with Crippen molar-refractivity contribution in [3.63, 3.8) is 0 Å². The van der Waals surface area contributed by atoms with Crippen LogP contribution in [-0.4, -0.2) is 31.3 Å². The molecule has 0 bridgehead atoms. The highest BCUT2D eigenvalue weighted by atomic mass is 15.3. The zero-order valence-electron chi connectivity index (χ0n) is 12.5. The molecule has 110 valence electrons. The topological polar surface area (TPSA) is 71.4 Å². The van der Waals surface area contributed by atoms with Crippen molar-refractivity contribution in [2.45, 2.75) is 46.2 Å². The maximum absolute atomic E-state index is 4.40. The van der Waals surface area contributed by atoms with Gasteiger partial charge in [-0.2, -0.15) is 5.10 Å². The van der Waals surface area contributed by atoms with E-state index >= 15 is 0 Å². The van der Waals surface area contributed by atoms with E-state index in [0.29, 0.717) is 5.92 Å². The number of hydrogen-bond donors (Lipinski definition) is 2. The lowest BCUT2D eigenvalue weighted by atomic mass is 10.1. The van der Waals surface area contributed by atoms with Crippen molar-refractivity contribution in [2.24, 2.45) is 5.92 Å². The first kappa shape index (κ1) is 14.7. The molecule has 0 aromatic carbocycles. The van der Waals surface area contributed by atoms with E-state index in [1.54, 1.807) is 12.5 Å². The SMILES string of the molecule is CCCNC(Cc1ncnn1CC(C)C)c1ncc[nH]1. The fourth-order valence-corrected chi connectivity index (χ4v) is 2.18. The van der Waals surface area contributed by atoms with Crippen LogP contribution >= 0.6 is 0 Å². The van der Waals surface area contributed by atoms with Gasteiger partial charge < -0.3 is 10.3 Å². The van der Waals surface area contributed by atoms with Gasteiger partial charge in [0.05, 0.1) is 6.04 Å². The molecule has 6 nitrogen and oxygen atoms in total. The van der Waals surface area contributed by atoms with Gasteiger partial charge in [-0.1, -0.05) is 20.8 Å². The number of aromatic nitrogens is 5. The number of H-pyrrole nitrogens is 1. The Labute approximate surface area is 120 Å². The molecule has 2 N–H and O–H groups in total. The van der Waals surface area contributed by atoms with Crippen LogP contribution in [0.5, 0.6) is 0 Å². The highest BCUT2D eigenvalue weighted by molar-refractivity contribution is 5.01. The number of aromatic amines is 1. The normalized spacial score (nSPS) is 13.0. The molecule has 0 fully saturated rings. The number of rotatable bonds is 8. The third-order valence-corrected chi connectivity index (χ3v) is 3.11. The third-order valence-electron chi connectivity index (χ3n) is 3.11. The van der Waals surface area contributed by atoms with Crippen LogP contribution in [0.25, 0.3) is 0 Å². The average molecular weight is 276 g/mol. The molecular formula is C14H24N6. The predicted molar refractivity (Wildman–Crippen MR) is 78.2 cm³/mol. The van der Waals surface area contributed by atoms with Gasteiger partial charge in [-0.15, -0.1) is 0 Å². The van der Waals surface area contributed by atoms with E-state index in [2.05, 4.69) is 46.1 Å². The van der Waals surface area contributed by atoms with Gasteiger partial charge in [-0.05, 0) is 18.9 Å². The van der Waals surface area contributed by atoms with E-state index in [0.717, 1.165) is 37.6 Å². The molecule has 1 unspecified atom stereocenters. The van der Waals surface area contributed by atoms with E-state index in [9.17, 15) is 0 Å². The monoisotopic (exact) mass is 276 g/mol. The minimum absolute atomic E-state index is 0.153. The number of nitrogens with one attached hydrogen (secondary N) is 2. The second-order valence-electron chi connectivity index (χ2n) is 5.44. The molecule has 0 spiro atoms. The molecule has 20 heavy (non-hydrogen) atoms. The number of hydrogen-bond acceptors (Lipinski definition) is 4. The zero-order valence-corrected chi connectivity index (χ0v) is 12.5. The van der Waals surface area contributed by atoms with Gasteiger partial charge in [-0.3, -0.25) is 0 Å². The molecule has 0 radical (unpaired) electrons. The summed E-state index contributed by atoms with van der Waals surface area (Å²) in [7, 11) is 0. The Balaban J connectivity index is 2.09. The first-order valence-electron chi connectivity index (χ1n) is 7.30. The highest BCUT2D eigenvalue weighted by Gasteiger charge is 2.17.